The van der Waals surface area contributed by atoms with E-state index in [2.05, 4.69) is 34.6 Å². The Hall–Kier alpha value is -0.790. The lowest BCUT2D eigenvalue weighted by Crippen LogP contribution is -2.44. The van der Waals surface area contributed by atoms with Crippen molar-refractivity contribution in [2.45, 2.75) is 40.0 Å². The van der Waals surface area contributed by atoms with Crippen LogP contribution < -0.4 is 4.57 Å². The van der Waals surface area contributed by atoms with E-state index in [0.717, 1.165) is 5.89 Å². The van der Waals surface area contributed by atoms with Crippen LogP contribution in [0, 0.1) is 5.41 Å². The summed E-state index contributed by atoms with van der Waals surface area (Å²) in [5.74, 6) is 1.03. The number of rotatable bonds is 1. The monoisotopic (exact) mass is 182 g/mol. The summed E-state index contributed by atoms with van der Waals surface area (Å²) in [5, 5.41) is 0. The van der Waals surface area contributed by atoms with E-state index in [4.69, 9.17) is 4.42 Å². The molecule has 2 nitrogen and oxygen atoms in total. The van der Waals surface area contributed by atoms with E-state index >= 15 is 0 Å². The fourth-order valence-electron chi connectivity index (χ4n) is 1.25. The summed E-state index contributed by atoms with van der Waals surface area (Å²) in [4.78, 5) is 0. The molecule has 1 aromatic rings. The second-order valence-electron chi connectivity index (χ2n) is 5.19. The van der Waals surface area contributed by atoms with Crippen LogP contribution >= 0.6 is 0 Å². The first-order valence-electron chi connectivity index (χ1n) is 4.70. The first-order valence-corrected chi connectivity index (χ1v) is 4.70. The van der Waals surface area contributed by atoms with E-state index in [1.54, 1.807) is 6.26 Å². The van der Waals surface area contributed by atoms with Gasteiger partial charge in [0.25, 0.3) is 0 Å². The summed E-state index contributed by atoms with van der Waals surface area (Å²) in [6.45, 7) is 11.1. The fraction of sp³-hybridized carbons (Fsp3) is 0.727. The Kier molecular flexibility index (Phi) is 2.27. The van der Waals surface area contributed by atoms with Crippen LogP contribution in [0.3, 0.4) is 0 Å². The normalized spacial score (nSPS) is 13.4. The quantitative estimate of drug-likeness (QED) is 0.610. The topological polar surface area (TPSA) is 17.0 Å². The minimum Gasteiger partial charge on any atom is -0.410 e. The minimum absolute atomic E-state index is 0.0469. The van der Waals surface area contributed by atoms with Gasteiger partial charge >= 0.3 is 5.89 Å². The third-order valence-electron chi connectivity index (χ3n) is 3.19. The second kappa shape index (κ2) is 2.86. The predicted octanol–water partition coefficient (Wildman–Crippen LogP) is 2.43. The molecule has 74 valence electrons. The molecule has 0 radical (unpaired) electrons. The molecule has 0 bridgehead atoms. The Morgan fingerprint density at radius 1 is 1.15 bits per heavy atom. The standard InChI is InChI=1S/C11H20NO/c1-10(2,3)11(4,5)9-12(6)7-8-13-9/h7-8H,1-6H3/q+1. The summed E-state index contributed by atoms with van der Waals surface area (Å²) >= 11 is 0. The third-order valence-corrected chi connectivity index (χ3v) is 3.19. The van der Waals surface area contributed by atoms with Crippen LogP contribution in [0.15, 0.2) is 16.9 Å². The molecule has 1 aromatic heterocycles. The van der Waals surface area contributed by atoms with E-state index in [1.165, 1.54) is 0 Å². The van der Waals surface area contributed by atoms with Crippen LogP contribution in [-0.2, 0) is 12.5 Å². The van der Waals surface area contributed by atoms with E-state index in [1.807, 2.05) is 17.8 Å². The number of oxazole rings is 1. The van der Waals surface area contributed by atoms with Crippen LogP contribution in [0.5, 0.6) is 0 Å². The molecule has 0 aromatic carbocycles. The van der Waals surface area contributed by atoms with E-state index in [9.17, 15) is 0 Å². The molecular formula is C11H20NO+. The van der Waals surface area contributed by atoms with Crippen LogP contribution in [0.25, 0.3) is 0 Å². The van der Waals surface area contributed by atoms with Crippen molar-refractivity contribution in [2.75, 3.05) is 0 Å². The molecular weight excluding hydrogens is 162 g/mol. The van der Waals surface area contributed by atoms with Crippen LogP contribution in [0.2, 0.25) is 0 Å². The van der Waals surface area contributed by atoms with Crippen LogP contribution in [0.1, 0.15) is 40.5 Å². The lowest BCUT2D eigenvalue weighted by Gasteiger charge is -2.33. The summed E-state index contributed by atoms with van der Waals surface area (Å²) < 4.78 is 7.57. The molecule has 0 N–H and O–H groups in total. The van der Waals surface area contributed by atoms with Gasteiger partial charge in [-0.05, 0) is 19.3 Å². The summed E-state index contributed by atoms with van der Waals surface area (Å²) in [6, 6.07) is 0. The molecule has 13 heavy (non-hydrogen) atoms. The third kappa shape index (κ3) is 1.62. The highest BCUT2D eigenvalue weighted by Gasteiger charge is 2.43. The van der Waals surface area contributed by atoms with Gasteiger partial charge < -0.3 is 4.42 Å². The van der Waals surface area contributed by atoms with Gasteiger partial charge in [-0.25, -0.2) is 0 Å². The predicted molar refractivity (Wildman–Crippen MR) is 52.4 cm³/mol. The molecule has 0 unspecified atom stereocenters. The van der Waals surface area contributed by atoms with Gasteiger partial charge in [-0.15, -0.1) is 0 Å². The van der Waals surface area contributed by atoms with Crippen molar-refractivity contribution < 1.29 is 8.98 Å². The Morgan fingerprint density at radius 2 is 1.69 bits per heavy atom. The van der Waals surface area contributed by atoms with E-state index in [0.29, 0.717) is 0 Å². The van der Waals surface area contributed by atoms with Gasteiger partial charge in [0, 0.05) is 0 Å². The highest BCUT2D eigenvalue weighted by atomic mass is 16.3. The molecule has 2 heteroatoms. The maximum absolute atomic E-state index is 5.52. The van der Waals surface area contributed by atoms with Crippen molar-refractivity contribution in [3.05, 3.63) is 18.4 Å². The average molecular weight is 182 g/mol. The van der Waals surface area contributed by atoms with Crippen molar-refractivity contribution in [1.29, 1.82) is 0 Å². The molecule has 0 aliphatic heterocycles. The number of aromatic nitrogens is 1. The van der Waals surface area contributed by atoms with Crippen molar-refractivity contribution in [1.82, 2.24) is 0 Å². The van der Waals surface area contributed by atoms with Crippen LogP contribution in [0.4, 0.5) is 0 Å². The van der Waals surface area contributed by atoms with Gasteiger partial charge in [-0.2, -0.15) is 4.57 Å². The highest BCUT2D eigenvalue weighted by Crippen LogP contribution is 2.39. The first-order chi connectivity index (χ1) is 5.77. The van der Waals surface area contributed by atoms with Crippen molar-refractivity contribution >= 4 is 0 Å². The largest absolute Gasteiger partial charge is 0.410 e. The molecule has 0 spiro atoms. The number of hydrogen-bond donors (Lipinski definition) is 0. The molecule has 0 atom stereocenters. The summed E-state index contributed by atoms with van der Waals surface area (Å²) in [5.41, 5.74) is 0.244. The molecule has 0 saturated carbocycles. The smallest absolute Gasteiger partial charge is 0.352 e. The van der Waals surface area contributed by atoms with E-state index in [-0.39, 0.29) is 10.8 Å². The lowest BCUT2D eigenvalue weighted by atomic mass is 9.69. The Balaban J connectivity index is 3.15. The van der Waals surface area contributed by atoms with Gasteiger partial charge in [-0.1, -0.05) is 20.8 Å². The zero-order valence-electron chi connectivity index (χ0n) is 9.51. The van der Waals surface area contributed by atoms with Gasteiger partial charge in [0.15, 0.2) is 6.26 Å². The average Bonchev–Trinajstić information content (AvgIpc) is 2.32. The first kappa shape index (κ1) is 10.3. The van der Waals surface area contributed by atoms with E-state index < -0.39 is 0 Å². The number of aryl methyl sites for hydroxylation is 1. The molecule has 0 amide bonds. The zero-order valence-corrected chi connectivity index (χ0v) is 9.51. The molecule has 1 rings (SSSR count). The van der Waals surface area contributed by atoms with Gasteiger partial charge in [-0.3, -0.25) is 0 Å². The minimum atomic E-state index is 0.0469. The maximum Gasteiger partial charge on any atom is 0.352 e. The van der Waals surface area contributed by atoms with Crippen LogP contribution in [-0.4, -0.2) is 0 Å². The summed E-state index contributed by atoms with van der Waals surface area (Å²) in [6.07, 6.45) is 3.69. The lowest BCUT2D eigenvalue weighted by molar-refractivity contribution is -0.687. The van der Waals surface area contributed by atoms with Crippen molar-refractivity contribution in [3.8, 4) is 0 Å². The molecule has 0 fully saturated rings. The number of hydrogen-bond acceptors (Lipinski definition) is 1. The fourth-order valence-corrected chi connectivity index (χ4v) is 1.25. The molecule has 0 aliphatic carbocycles. The maximum atomic E-state index is 5.52. The zero-order chi connectivity index (χ0) is 10.3. The van der Waals surface area contributed by atoms with Gasteiger partial charge in [0.05, 0.1) is 5.41 Å². The Morgan fingerprint density at radius 3 is 2.00 bits per heavy atom. The second-order valence-corrected chi connectivity index (χ2v) is 5.19. The molecule has 1 heterocycles. The summed E-state index contributed by atoms with van der Waals surface area (Å²) in [7, 11) is 2.02. The van der Waals surface area contributed by atoms with Gasteiger partial charge in [0.1, 0.15) is 7.05 Å². The van der Waals surface area contributed by atoms with Crippen molar-refractivity contribution in [3.63, 3.8) is 0 Å². The molecule has 0 saturated heterocycles. The van der Waals surface area contributed by atoms with Gasteiger partial charge in [0.2, 0.25) is 6.20 Å². The molecule has 0 aliphatic rings. The Bertz CT molecular complexity index is 291. The SMILES string of the molecule is C[n+]1ccoc1C(C)(C)C(C)(C)C. The Labute approximate surface area is 80.6 Å². The highest BCUT2D eigenvalue weighted by molar-refractivity contribution is 5.01. The van der Waals surface area contributed by atoms with Crippen molar-refractivity contribution in [2.24, 2.45) is 12.5 Å². The number of nitrogens with zero attached hydrogens (tertiary/aromatic N) is 1.